The minimum absolute atomic E-state index is 0.113. The molecule has 6 aliphatic rings. The van der Waals surface area contributed by atoms with Crippen molar-refractivity contribution in [1.29, 1.82) is 0 Å². The number of likely N-dealkylation sites (tertiary alicyclic amines) is 2. The molecule has 4 fully saturated rings. The van der Waals surface area contributed by atoms with Gasteiger partial charge in [0.2, 0.25) is 10.0 Å². The van der Waals surface area contributed by atoms with Crippen molar-refractivity contribution in [3.63, 3.8) is 0 Å². The summed E-state index contributed by atoms with van der Waals surface area (Å²) >= 11 is 0. The molecule has 4 saturated heterocycles. The zero-order valence-electron chi connectivity index (χ0n) is 66.6. The van der Waals surface area contributed by atoms with Crippen LogP contribution >= 0.6 is 41.7 Å². The number of ether oxygens (including phenoxy) is 2. The predicted octanol–water partition coefficient (Wildman–Crippen LogP) is 11.2. The van der Waals surface area contributed by atoms with Gasteiger partial charge in [-0.25, -0.2) is 48.0 Å². The minimum atomic E-state index is -3.94. The van der Waals surface area contributed by atoms with Gasteiger partial charge < -0.3 is 35.2 Å². The SMILES string of the molecule is C#CC#CC#C.C#CC#CC#CC#CC#CC#CC#CC#CC#CC#CC#CC#CC#C.CNC1=CS(=O)(=O)N(c2cccc(F)c2)[C@@]12CCN(C(=O)OCc1ccccc1)[C@@H](C)C2.CNC1=CS(=O)(=O)N(c2cccc(F)c2)[C@@]12CCN[C@@H](C)C2.C[C@H]1C[C@]2(CCN1C(=O)OCc1ccccc1)C(=O)CS(=O)(=O)N2c1cccc(F)c1.PPP(P)P. The number of anilines is 3. The molecule has 5 aromatic rings. The van der Waals surface area contributed by atoms with Gasteiger partial charge in [0.15, 0.2) is 5.78 Å². The standard InChI is InChI=1S/C26H2.C23H26FN3O4S.C22H23FN2O5S.C15H20FN3O2S.C6H2.H7P5/c1-3-5-7-9-11-13-15-17-19-21-23-25-26-24-22-20-18-16-14-12-10-8-6-4-2;1-17-14-23(11-12-26(17)22(28)31-15-18-7-4-3-5-8-18)21(25-2)16-32(29,30)27(23)20-10-6-9-19(24)13-20;1-16-13-22(10-11-24(16)21(27)30-14-17-6-3-2-4-7-17)20(26)15-31(28,29)25(22)19-9-5-8-18(23)12-19;1-11-9-15(6-7-18-11)14(17-2)10-22(20,21)19(15)13-5-3-4-12(16)8-13;1-3-5-6-4-2;1-4-5(2)3/h1-2H;3-10,13,16-17,25H,11-12,14-15H2,1-2H3;2-9,12,16H,10-11,13-15H2,1H3;3-5,8,10-11,17-18H,6-7,9H2,1-2H3;1-2H;4H,1-3H2/t;17-,23+;16-,22+;11-,15+;;/m.000../s1. The first kappa shape index (κ1) is 98.3. The highest BCUT2D eigenvalue weighted by Crippen LogP contribution is 2.71. The number of halogens is 3. The molecule has 6 heterocycles. The van der Waals surface area contributed by atoms with Crippen LogP contribution in [0.5, 0.6) is 0 Å². The number of piperidine rings is 3. The topological polar surface area (TPSA) is 224 Å². The number of benzene rings is 5. The lowest BCUT2D eigenvalue weighted by Gasteiger charge is -2.48. The quantitative estimate of drug-likeness (QED) is 0.0874. The number of hydrogen-bond donors (Lipinski definition) is 3. The fourth-order valence-corrected chi connectivity index (χ4v) is 19.3. The summed E-state index contributed by atoms with van der Waals surface area (Å²) in [5.74, 6) is 64.2. The molecule has 3 spiro atoms. The van der Waals surface area contributed by atoms with Crippen LogP contribution in [0.25, 0.3) is 0 Å². The monoisotopic (exact) mass is 1780 g/mol. The van der Waals surface area contributed by atoms with Crippen LogP contribution in [0.4, 0.5) is 39.8 Å². The molecule has 3 N–H and O–H groups in total. The van der Waals surface area contributed by atoms with E-state index < -0.39 is 93.9 Å². The van der Waals surface area contributed by atoms with Crippen LogP contribution in [0.15, 0.2) is 156 Å². The molecule has 0 bridgehead atoms. The Bertz CT molecular complexity index is 6070. The molecular formula is C92H80F3N8O11P5S3. The van der Waals surface area contributed by atoms with E-state index in [0.717, 1.165) is 29.5 Å². The third kappa shape index (κ3) is 28.6. The maximum Gasteiger partial charge on any atom is 0.410 e. The van der Waals surface area contributed by atoms with Gasteiger partial charge in [-0.2, -0.15) is 0 Å². The zero-order valence-corrected chi connectivity index (χ0v) is 74.5. The van der Waals surface area contributed by atoms with Gasteiger partial charge in [-0.05, 0) is 257 Å². The van der Waals surface area contributed by atoms with Crippen molar-refractivity contribution in [3.8, 4) is 191 Å². The number of rotatable bonds is 10. The highest BCUT2D eigenvalue weighted by Gasteiger charge is 2.60. The molecule has 6 aliphatic heterocycles. The van der Waals surface area contributed by atoms with Gasteiger partial charge >= 0.3 is 12.2 Å². The van der Waals surface area contributed by atoms with Crippen molar-refractivity contribution in [2.24, 2.45) is 0 Å². The van der Waals surface area contributed by atoms with Crippen molar-refractivity contribution in [3.05, 3.63) is 184 Å². The number of ketones is 1. The molecule has 2 amide bonds. The molecule has 11 rings (SSSR count). The zero-order chi connectivity index (χ0) is 89.2. The number of terminal acetylenes is 4. The fraction of sp³-hybridized carbons (Fsp3) is 0.250. The van der Waals surface area contributed by atoms with E-state index in [2.05, 4.69) is 209 Å². The summed E-state index contributed by atoms with van der Waals surface area (Å²) in [7, 11) is 1.23. The fourth-order valence-electron chi connectivity index (χ4n) is 13.5. The van der Waals surface area contributed by atoms with Gasteiger partial charge in [0.05, 0.1) is 50.4 Å². The Balaban J connectivity index is 0.000000243. The lowest BCUT2D eigenvalue weighted by Crippen LogP contribution is -2.60. The second-order valence-electron chi connectivity index (χ2n) is 26.2. The Morgan fingerprint density at radius 3 is 1.11 bits per heavy atom. The number of likely N-dealkylation sites (N-methyl/N-ethyl adjacent to an activating group) is 2. The van der Waals surface area contributed by atoms with Crippen LogP contribution in [0.3, 0.4) is 0 Å². The number of sulfonamides is 3. The van der Waals surface area contributed by atoms with Crippen LogP contribution in [-0.4, -0.2) is 127 Å². The summed E-state index contributed by atoms with van der Waals surface area (Å²) in [4.78, 5) is 41.4. The Hall–Kier alpha value is -12.5. The molecule has 122 heavy (non-hydrogen) atoms. The van der Waals surface area contributed by atoms with E-state index in [1.165, 1.54) is 78.9 Å². The van der Waals surface area contributed by atoms with E-state index in [0.29, 0.717) is 55.9 Å². The van der Waals surface area contributed by atoms with E-state index in [-0.39, 0.29) is 63.0 Å². The first-order chi connectivity index (χ1) is 58.5. The number of amides is 2. The van der Waals surface area contributed by atoms with Crippen LogP contribution < -0.4 is 28.9 Å². The van der Waals surface area contributed by atoms with E-state index >= 15 is 0 Å². The van der Waals surface area contributed by atoms with Crippen molar-refractivity contribution in [2.45, 2.75) is 107 Å². The van der Waals surface area contributed by atoms with Gasteiger partial charge in [-0.1, -0.05) is 86.8 Å². The Labute approximate surface area is 725 Å². The average Bonchev–Trinajstić information content (AvgIpc) is 1.57. The number of hydrogen-bond acceptors (Lipinski definition) is 14. The normalized spacial score (nSPS) is 19.7. The second kappa shape index (κ2) is 49.3. The third-order valence-corrected chi connectivity index (χ3v) is 35.1. The Morgan fingerprint density at radius 1 is 0.484 bits per heavy atom. The van der Waals surface area contributed by atoms with Crippen LogP contribution in [-0.2, 0) is 57.6 Å². The lowest BCUT2D eigenvalue weighted by molar-refractivity contribution is -0.122. The average molecular weight is 1780 g/mol. The summed E-state index contributed by atoms with van der Waals surface area (Å²) in [6.07, 6.45) is 20.4. The van der Waals surface area contributed by atoms with Crippen LogP contribution in [0, 0.1) is 209 Å². The van der Waals surface area contributed by atoms with Crippen molar-refractivity contribution in [1.82, 2.24) is 25.8 Å². The molecule has 0 saturated carbocycles. The highest BCUT2D eigenvalue weighted by atomic mass is 32.8. The Morgan fingerprint density at radius 2 is 0.795 bits per heavy atom. The first-order valence-corrected chi connectivity index (χ1v) is 49.3. The highest BCUT2D eigenvalue weighted by molar-refractivity contribution is 8.77. The number of carbonyl (C=O) groups excluding carboxylic acids is 3. The largest absolute Gasteiger partial charge is 0.445 e. The summed E-state index contributed by atoms with van der Waals surface area (Å²) < 4.78 is 133. The van der Waals surface area contributed by atoms with Crippen molar-refractivity contribution < 1.29 is 62.3 Å². The summed E-state index contributed by atoms with van der Waals surface area (Å²) in [5, 5.41) is 11.9. The molecule has 0 aromatic heterocycles. The van der Waals surface area contributed by atoms with E-state index in [1.54, 1.807) is 38.1 Å². The summed E-state index contributed by atoms with van der Waals surface area (Å²) in [6.45, 7) is 7.33. The van der Waals surface area contributed by atoms with Crippen molar-refractivity contribution >= 4 is 107 Å². The van der Waals surface area contributed by atoms with Gasteiger partial charge in [0.1, 0.15) is 42.0 Å². The van der Waals surface area contributed by atoms with E-state index in [1.807, 2.05) is 74.5 Å². The molecule has 30 heteroatoms. The number of Topliss-reactive ketones (excluding diaryl/α,β-unsaturated/α-hetero) is 1. The molecule has 10 atom stereocenters. The third-order valence-electron chi connectivity index (χ3n) is 18.2. The summed E-state index contributed by atoms with van der Waals surface area (Å²) in [5.41, 5.74) is 0.766. The smallest absolute Gasteiger partial charge is 0.410 e. The minimum Gasteiger partial charge on any atom is -0.445 e. The Kier molecular flexibility index (Phi) is 39.7. The maximum atomic E-state index is 14.0. The van der Waals surface area contributed by atoms with E-state index in [9.17, 15) is 52.8 Å². The lowest BCUT2D eigenvalue weighted by atomic mass is 9.80. The van der Waals surface area contributed by atoms with Gasteiger partial charge in [-0.3, -0.25) is 17.7 Å². The summed E-state index contributed by atoms with van der Waals surface area (Å²) in [6, 6.07) is 34.7. The molecule has 5 aromatic carbocycles. The molecule has 0 radical (unpaired) electrons. The van der Waals surface area contributed by atoms with Crippen LogP contribution in [0.1, 0.15) is 70.4 Å². The first-order valence-electron chi connectivity index (χ1n) is 36.5. The van der Waals surface area contributed by atoms with Crippen LogP contribution in [0.2, 0.25) is 0 Å². The van der Waals surface area contributed by atoms with E-state index in [4.69, 9.17) is 35.2 Å². The predicted molar refractivity (Wildman–Crippen MR) is 490 cm³/mol. The number of nitrogens with one attached hydrogen (secondary N) is 3. The molecule has 618 valence electrons. The van der Waals surface area contributed by atoms with Gasteiger partial charge in [-0.15, -0.1) is 52.5 Å². The number of nitrogens with zero attached hydrogens (tertiary/aromatic N) is 5. The van der Waals surface area contributed by atoms with Gasteiger partial charge in [0.25, 0.3) is 20.0 Å². The molecule has 19 nitrogen and oxygen atoms in total. The molecule has 4 unspecified atom stereocenters. The van der Waals surface area contributed by atoms with Crippen molar-refractivity contribution in [2.75, 3.05) is 52.4 Å². The molecule has 0 aliphatic carbocycles. The van der Waals surface area contributed by atoms with Gasteiger partial charge in [0, 0.05) is 92.7 Å². The maximum absolute atomic E-state index is 14.0. The number of carbonyl (C=O) groups is 3. The second-order valence-corrected chi connectivity index (χ2v) is 45.2. The molecular weight excluding hydrogens is 1700 g/mol.